The van der Waals surface area contributed by atoms with Crippen LogP contribution in [0.3, 0.4) is 0 Å². The maximum atomic E-state index is 11.2. The highest BCUT2D eigenvalue weighted by atomic mass is 35.5. The van der Waals surface area contributed by atoms with Crippen LogP contribution in [0.15, 0.2) is 18.2 Å². The number of hydrogen-bond acceptors (Lipinski definition) is 3. The van der Waals surface area contributed by atoms with Crippen LogP contribution in [0.25, 0.3) is 0 Å². The quantitative estimate of drug-likeness (QED) is 0.836. The molecule has 0 heterocycles. The van der Waals surface area contributed by atoms with Gasteiger partial charge >= 0.3 is 0 Å². The first kappa shape index (κ1) is 13.8. The molecule has 3 N–H and O–H groups in total. The van der Waals surface area contributed by atoms with Crippen molar-refractivity contribution in [2.24, 2.45) is 5.73 Å². The minimum Gasteiger partial charge on any atom is -0.374 e. The number of nitrogens with zero attached hydrogens (tertiary/aromatic N) is 1. The molecule has 0 atom stereocenters. The number of carbonyl (C=O) groups is 1. The minimum absolute atomic E-state index is 0.0215. The zero-order valence-electron chi connectivity index (χ0n) is 10.2. The minimum atomic E-state index is 0.0215. The van der Waals surface area contributed by atoms with Crippen LogP contribution in [0.1, 0.15) is 12.0 Å². The molecule has 4 nitrogen and oxygen atoms in total. The lowest BCUT2D eigenvalue weighted by Gasteiger charge is -2.22. The van der Waals surface area contributed by atoms with Crippen LogP contribution in [0, 0.1) is 0 Å². The number of carbonyl (C=O) groups excluding carboxylic acids is 1. The van der Waals surface area contributed by atoms with Crippen LogP contribution in [-0.4, -0.2) is 26.5 Å². The van der Waals surface area contributed by atoms with Gasteiger partial charge in [-0.3, -0.25) is 4.79 Å². The summed E-state index contributed by atoms with van der Waals surface area (Å²) in [5.41, 5.74) is 7.67. The molecule has 0 aromatic heterocycles. The van der Waals surface area contributed by atoms with Crippen molar-refractivity contribution in [1.82, 2.24) is 5.32 Å². The monoisotopic (exact) mass is 255 g/mol. The Morgan fingerprint density at radius 2 is 2.24 bits per heavy atom. The zero-order valence-corrected chi connectivity index (χ0v) is 10.9. The Balaban J connectivity index is 2.76. The molecule has 0 aliphatic rings. The standard InChI is InChI=1S/C12H18ClN3O/c1-15-12(17)5-6-16(2)11-7-10(13)4-3-9(11)8-14/h3-4,7H,5-6,8,14H2,1-2H3,(H,15,17). The molecule has 17 heavy (non-hydrogen) atoms. The Hall–Kier alpha value is -1.26. The lowest BCUT2D eigenvalue weighted by molar-refractivity contribution is -0.120. The summed E-state index contributed by atoms with van der Waals surface area (Å²) in [5, 5.41) is 3.27. The summed E-state index contributed by atoms with van der Waals surface area (Å²) in [7, 11) is 3.56. The van der Waals surface area contributed by atoms with E-state index in [1.54, 1.807) is 7.05 Å². The van der Waals surface area contributed by atoms with E-state index in [0.29, 0.717) is 24.5 Å². The summed E-state index contributed by atoms with van der Waals surface area (Å²) in [6.45, 7) is 1.09. The molecule has 94 valence electrons. The van der Waals surface area contributed by atoms with Crippen LogP contribution >= 0.6 is 11.6 Å². The van der Waals surface area contributed by atoms with Crippen LogP contribution in [0.4, 0.5) is 5.69 Å². The first-order chi connectivity index (χ1) is 8.08. The maximum absolute atomic E-state index is 11.2. The van der Waals surface area contributed by atoms with Crippen molar-refractivity contribution in [2.75, 3.05) is 25.5 Å². The summed E-state index contributed by atoms with van der Waals surface area (Å²) < 4.78 is 0. The molecule has 0 aliphatic heterocycles. The van der Waals surface area contributed by atoms with E-state index in [0.717, 1.165) is 11.3 Å². The first-order valence-electron chi connectivity index (χ1n) is 5.48. The smallest absolute Gasteiger partial charge is 0.221 e. The van der Waals surface area contributed by atoms with Crippen molar-refractivity contribution in [2.45, 2.75) is 13.0 Å². The molecule has 0 saturated carbocycles. The largest absolute Gasteiger partial charge is 0.374 e. The number of anilines is 1. The van der Waals surface area contributed by atoms with E-state index in [-0.39, 0.29) is 5.91 Å². The van der Waals surface area contributed by atoms with E-state index in [4.69, 9.17) is 17.3 Å². The third-order valence-corrected chi connectivity index (χ3v) is 2.87. The Morgan fingerprint density at radius 3 is 2.82 bits per heavy atom. The van der Waals surface area contributed by atoms with Gasteiger partial charge in [0.2, 0.25) is 5.91 Å². The van der Waals surface area contributed by atoms with E-state index >= 15 is 0 Å². The number of benzene rings is 1. The number of nitrogens with two attached hydrogens (primary N) is 1. The van der Waals surface area contributed by atoms with Crippen molar-refractivity contribution in [3.63, 3.8) is 0 Å². The van der Waals surface area contributed by atoms with Gasteiger partial charge in [-0.2, -0.15) is 0 Å². The van der Waals surface area contributed by atoms with Gasteiger partial charge in [0.1, 0.15) is 0 Å². The third-order valence-electron chi connectivity index (χ3n) is 2.63. The molecule has 0 saturated heterocycles. The molecule has 5 heteroatoms. The number of hydrogen-bond donors (Lipinski definition) is 2. The van der Waals surface area contributed by atoms with E-state index in [1.165, 1.54) is 0 Å². The number of halogens is 1. The molecule has 0 radical (unpaired) electrons. The number of nitrogens with one attached hydrogen (secondary N) is 1. The van der Waals surface area contributed by atoms with E-state index < -0.39 is 0 Å². The van der Waals surface area contributed by atoms with Crippen molar-refractivity contribution >= 4 is 23.2 Å². The molecule has 1 rings (SSSR count). The van der Waals surface area contributed by atoms with Gasteiger partial charge in [0.05, 0.1) is 0 Å². The van der Waals surface area contributed by atoms with Crippen LogP contribution in [0.2, 0.25) is 5.02 Å². The lowest BCUT2D eigenvalue weighted by Crippen LogP contribution is -2.27. The first-order valence-corrected chi connectivity index (χ1v) is 5.86. The van der Waals surface area contributed by atoms with E-state index in [2.05, 4.69) is 5.32 Å². The molecule has 0 spiro atoms. The predicted molar refractivity (Wildman–Crippen MR) is 71.3 cm³/mol. The Morgan fingerprint density at radius 1 is 1.53 bits per heavy atom. The Bertz CT molecular complexity index is 395. The molecular formula is C12H18ClN3O. The van der Waals surface area contributed by atoms with Crippen molar-refractivity contribution < 1.29 is 4.79 Å². The normalized spacial score (nSPS) is 10.1. The molecule has 0 aliphatic carbocycles. The van der Waals surface area contributed by atoms with Crippen LogP contribution < -0.4 is 16.0 Å². The summed E-state index contributed by atoms with van der Waals surface area (Å²) in [6.07, 6.45) is 0.448. The highest BCUT2D eigenvalue weighted by molar-refractivity contribution is 6.30. The SMILES string of the molecule is CNC(=O)CCN(C)c1cc(Cl)ccc1CN. The predicted octanol–water partition coefficient (Wildman–Crippen LogP) is 1.37. The van der Waals surface area contributed by atoms with Gasteiger partial charge < -0.3 is 16.0 Å². The number of amides is 1. The second kappa shape index (κ2) is 6.47. The fraction of sp³-hybridized carbons (Fsp3) is 0.417. The molecule has 1 aromatic rings. The average Bonchev–Trinajstić information content (AvgIpc) is 2.35. The highest BCUT2D eigenvalue weighted by Gasteiger charge is 2.08. The fourth-order valence-electron chi connectivity index (χ4n) is 1.58. The highest BCUT2D eigenvalue weighted by Crippen LogP contribution is 2.23. The molecule has 0 unspecified atom stereocenters. The van der Waals surface area contributed by atoms with Crippen molar-refractivity contribution in [3.05, 3.63) is 28.8 Å². The summed E-state index contributed by atoms with van der Waals surface area (Å²) in [4.78, 5) is 13.2. The van der Waals surface area contributed by atoms with E-state index in [9.17, 15) is 4.79 Å². The van der Waals surface area contributed by atoms with Gasteiger partial charge in [-0.1, -0.05) is 17.7 Å². The summed E-state index contributed by atoms with van der Waals surface area (Å²) in [5.74, 6) is 0.0215. The number of rotatable bonds is 5. The van der Waals surface area contributed by atoms with Crippen molar-refractivity contribution in [1.29, 1.82) is 0 Å². The van der Waals surface area contributed by atoms with Crippen LogP contribution in [0.5, 0.6) is 0 Å². The van der Waals surface area contributed by atoms with Gasteiger partial charge in [0.25, 0.3) is 0 Å². The lowest BCUT2D eigenvalue weighted by atomic mass is 10.1. The maximum Gasteiger partial charge on any atom is 0.221 e. The average molecular weight is 256 g/mol. The van der Waals surface area contributed by atoms with Gasteiger partial charge in [0.15, 0.2) is 0 Å². The van der Waals surface area contributed by atoms with Gasteiger partial charge in [0, 0.05) is 44.3 Å². The Labute approximate surface area is 107 Å². The van der Waals surface area contributed by atoms with Crippen LogP contribution in [-0.2, 0) is 11.3 Å². The van der Waals surface area contributed by atoms with Crippen molar-refractivity contribution in [3.8, 4) is 0 Å². The van der Waals surface area contributed by atoms with Gasteiger partial charge in [-0.05, 0) is 17.7 Å². The van der Waals surface area contributed by atoms with Gasteiger partial charge in [-0.15, -0.1) is 0 Å². The summed E-state index contributed by atoms with van der Waals surface area (Å²) in [6, 6.07) is 5.60. The Kier molecular flexibility index (Phi) is 5.25. The second-order valence-corrected chi connectivity index (χ2v) is 4.26. The van der Waals surface area contributed by atoms with E-state index in [1.807, 2.05) is 30.1 Å². The zero-order chi connectivity index (χ0) is 12.8. The molecule has 1 aromatic carbocycles. The van der Waals surface area contributed by atoms with Gasteiger partial charge in [-0.25, -0.2) is 0 Å². The second-order valence-electron chi connectivity index (χ2n) is 3.82. The molecule has 0 bridgehead atoms. The molecular weight excluding hydrogens is 238 g/mol. The summed E-state index contributed by atoms with van der Waals surface area (Å²) >= 11 is 5.96. The topological polar surface area (TPSA) is 58.4 Å². The molecule has 1 amide bonds. The third kappa shape index (κ3) is 3.91. The fourth-order valence-corrected chi connectivity index (χ4v) is 1.75. The molecule has 0 fully saturated rings.